The molecule has 0 radical (unpaired) electrons. The van der Waals surface area contributed by atoms with Crippen LogP contribution in [-0.4, -0.2) is 33.6 Å². The first-order valence-corrected chi connectivity index (χ1v) is 10.2. The quantitative estimate of drug-likeness (QED) is 0.678. The Kier molecular flexibility index (Phi) is 4.25. The van der Waals surface area contributed by atoms with E-state index in [9.17, 15) is 0 Å². The van der Waals surface area contributed by atoms with Crippen LogP contribution in [0.5, 0.6) is 0 Å². The Morgan fingerprint density at radius 1 is 0.846 bits per heavy atom. The number of imidazole rings is 1. The van der Waals surface area contributed by atoms with E-state index in [2.05, 4.69) is 64.1 Å². The first-order chi connectivity index (χ1) is 12.9. The first-order valence-electron chi connectivity index (χ1n) is 10.2. The van der Waals surface area contributed by atoms with Crippen molar-refractivity contribution in [2.24, 2.45) is 5.92 Å². The third kappa shape index (κ3) is 2.84. The van der Waals surface area contributed by atoms with E-state index < -0.39 is 0 Å². The van der Waals surface area contributed by atoms with E-state index in [-0.39, 0.29) is 0 Å². The van der Waals surface area contributed by atoms with Gasteiger partial charge >= 0.3 is 0 Å². The highest BCUT2D eigenvalue weighted by molar-refractivity contribution is 5.78. The minimum absolute atomic E-state index is 0.739. The van der Waals surface area contributed by atoms with E-state index >= 15 is 0 Å². The van der Waals surface area contributed by atoms with Gasteiger partial charge in [-0.25, -0.2) is 4.98 Å². The lowest BCUT2D eigenvalue weighted by molar-refractivity contribution is 0.0588. The van der Waals surface area contributed by atoms with Gasteiger partial charge in [-0.05, 0) is 69.0 Å². The zero-order chi connectivity index (χ0) is 17.3. The van der Waals surface area contributed by atoms with E-state index in [1.54, 1.807) is 0 Å². The summed E-state index contributed by atoms with van der Waals surface area (Å²) in [7, 11) is 0. The zero-order valence-corrected chi connectivity index (χ0v) is 15.3. The highest BCUT2D eigenvalue weighted by Gasteiger charge is 2.33. The van der Waals surface area contributed by atoms with E-state index in [0.717, 1.165) is 23.9 Å². The molecule has 3 heteroatoms. The second-order valence-corrected chi connectivity index (χ2v) is 7.89. The Morgan fingerprint density at radius 2 is 1.65 bits per heavy atom. The van der Waals surface area contributed by atoms with Crippen LogP contribution in [0.4, 0.5) is 0 Å². The minimum Gasteiger partial charge on any atom is -0.300 e. The van der Waals surface area contributed by atoms with E-state index in [1.165, 1.54) is 62.2 Å². The van der Waals surface area contributed by atoms with Crippen molar-refractivity contribution in [1.29, 1.82) is 0 Å². The second kappa shape index (κ2) is 6.88. The van der Waals surface area contributed by atoms with Crippen LogP contribution in [0.1, 0.15) is 37.9 Å². The highest BCUT2D eigenvalue weighted by Crippen LogP contribution is 2.34. The predicted molar refractivity (Wildman–Crippen MR) is 107 cm³/mol. The molecular weight excluding hydrogens is 318 g/mol. The smallest absolute Gasteiger partial charge is 0.114 e. The van der Waals surface area contributed by atoms with Crippen LogP contribution >= 0.6 is 0 Å². The average molecular weight is 345 g/mol. The van der Waals surface area contributed by atoms with E-state index in [0.29, 0.717) is 0 Å². The maximum Gasteiger partial charge on any atom is 0.114 e. The van der Waals surface area contributed by atoms with Crippen LogP contribution in [-0.2, 0) is 6.42 Å². The van der Waals surface area contributed by atoms with Crippen molar-refractivity contribution >= 4 is 11.0 Å². The van der Waals surface area contributed by atoms with Crippen LogP contribution in [0.3, 0.4) is 0 Å². The summed E-state index contributed by atoms with van der Waals surface area (Å²) in [6, 6.07) is 20.1. The molecule has 2 atom stereocenters. The maximum atomic E-state index is 5.07. The lowest BCUT2D eigenvalue weighted by atomic mass is 9.81. The Bertz CT molecular complexity index is 881. The lowest BCUT2D eigenvalue weighted by Crippen LogP contribution is -2.48. The van der Waals surface area contributed by atoms with Crippen molar-refractivity contribution in [3.63, 3.8) is 0 Å². The largest absolute Gasteiger partial charge is 0.300 e. The third-order valence-corrected chi connectivity index (χ3v) is 6.32. The molecule has 2 aliphatic heterocycles. The minimum atomic E-state index is 0.739. The number of aromatic nitrogens is 2. The van der Waals surface area contributed by atoms with Crippen molar-refractivity contribution in [1.82, 2.24) is 14.5 Å². The molecule has 0 unspecified atom stereocenters. The van der Waals surface area contributed by atoms with Gasteiger partial charge in [0.25, 0.3) is 0 Å². The summed E-state index contributed by atoms with van der Waals surface area (Å²) in [4.78, 5) is 7.82. The molecule has 26 heavy (non-hydrogen) atoms. The number of nitrogens with zero attached hydrogens (tertiary/aromatic N) is 3. The van der Waals surface area contributed by atoms with Crippen molar-refractivity contribution < 1.29 is 0 Å². The first kappa shape index (κ1) is 16.1. The van der Waals surface area contributed by atoms with Crippen molar-refractivity contribution in [3.8, 4) is 5.69 Å². The molecule has 5 rings (SSSR count). The monoisotopic (exact) mass is 345 g/mol. The number of hydrogen-bond acceptors (Lipinski definition) is 2. The second-order valence-electron chi connectivity index (χ2n) is 7.89. The number of fused-ring (bicyclic) bond motifs is 2. The Hall–Kier alpha value is -2.13. The van der Waals surface area contributed by atoms with Gasteiger partial charge in [-0.3, -0.25) is 4.57 Å². The molecule has 0 aliphatic carbocycles. The number of rotatable bonds is 3. The topological polar surface area (TPSA) is 21.1 Å². The molecule has 1 aromatic heterocycles. The van der Waals surface area contributed by atoms with Crippen LogP contribution in [0.15, 0.2) is 54.6 Å². The number of piperidine rings is 2. The summed E-state index contributed by atoms with van der Waals surface area (Å²) < 4.78 is 2.39. The molecule has 2 saturated heterocycles. The van der Waals surface area contributed by atoms with Gasteiger partial charge in [-0.1, -0.05) is 36.8 Å². The zero-order valence-electron chi connectivity index (χ0n) is 15.3. The van der Waals surface area contributed by atoms with Gasteiger partial charge in [-0.15, -0.1) is 0 Å². The van der Waals surface area contributed by atoms with Gasteiger partial charge in [-0.2, -0.15) is 0 Å². The van der Waals surface area contributed by atoms with Gasteiger partial charge < -0.3 is 4.90 Å². The molecule has 3 heterocycles. The Labute approximate surface area is 155 Å². The molecule has 0 amide bonds. The fraction of sp³-hybridized carbons (Fsp3) is 0.435. The predicted octanol–water partition coefficient (Wildman–Crippen LogP) is 4.83. The van der Waals surface area contributed by atoms with Crippen molar-refractivity contribution in [2.45, 2.75) is 44.6 Å². The van der Waals surface area contributed by atoms with Gasteiger partial charge in [0.1, 0.15) is 5.82 Å². The van der Waals surface area contributed by atoms with Gasteiger partial charge in [0.2, 0.25) is 0 Å². The van der Waals surface area contributed by atoms with Crippen LogP contribution in [0, 0.1) is 5.92 Å². The van der Waals surface area contributed by atoms with Gasteiger partial charge in [0, 0.05) is 18.2 Å². The molecule has 3 nitrogen and oxygen atoms in total. The molecular formula is C23H27N3. The fourth-order valence-corrected chi connectivity index (χ4v) is 5.13. The number of benzene rings is 2. The highest BCUT2D eigenvalue weighted by atomic mass is 15.2. The standard InChI is InChI=1S/C23H27N3/c1-2-10-19(11-3-1)26-22-14-5-4-12-20(22)24-23(26)17-18-9-8-16-25-15-7-6-13-21(18)25/h1-5,10-12,14,18,21H,6-9,13,15-17H2/t18-,21-/m1/s1. The average Bonchev–Trinajstić information content (AvgIpc) is 3.07. The Balaban J connectivity index is 1.54. The van der Waals surface area contributed by atoms with Crippen molar-refractivity contribution in [3.05, 3.63) is 60.4 Å². The third-order valence-electron chi connectivity index (χ3n) is 6.32. The van der Waals surface area contributed by atoms with Gasteiger partial charge in [0.05, 0.1) is 11.0 Å². The normalized spacial score (nSPS) is 23.8. The molecule has 134 valence electrons. The number of para-hydroxylation sites is 3. The van der Waals surface area contributed by atoms with Crippen LogP contribution < -0.4 is 0 Å². The van der Waals surface area contributed by atoms with Crippen LogP contribution in [0.2, 0.25) is 0 Å². The molecule has 3 aromatic rings. The summed E-state index contributed by atoms with van der Waals surface area (Å²) in [5, 5.41) is 0. The SMILES string of the molecule is c1ccc(-n2c(C[C@H]3CCCN4CCCC[C@H]34)nc3ccccc32)cc1. The summed E-state index contributed by atoms with van der Waals surface area (Å²) in [6.45, 7) is 2.60. The Morgan fingerprint density at radius 3 is 2.58 bits per heavy atom. The molecule has 0 N–H and O–H groups in total. The fourth-order valence-electron chi connectivity index (χ4n) is 5.13. The summed E-state index contributed by atoms with van der Waals surface area (Å²) >= 11 is 0. The molecule has 2 fully saturated rings. The number of hydrogen-bond donors (Lipinski definition) is 0. The lowest BCUT2D eigenvalue weighted by Gasteiger charge is -2.44. The molecule has 0 bridgehead atoms. The van der Waals surface area contributed by atoms with Crippen LogP contribution in [0.25, 0.3) is 16.7 Å². The molecule has 2 aromatic carbocycles. The van der Waals surface area contributed by atoms with Crippen molar-refractivity contribution in [2.75, 3.05) is 13.1 Å². The van der Waals surface area contributed by atoms with E-state index in [1.807, 2.05) is 0 Å². The van der Waals surface area contributed by atoms with E-state index in [4.69, 9.17) is 4.98 Å². The molecule has 0 spiro atoms. The van der Waals surface area contributed by atoms with Gasteiger partial charge in [0.15, 0.2) is 0 Å². The summed E-state index contributed by atoms with van der Waals surface area (Å²) in [6.07, 6.45) is 7.92. The summed E-state index contributed by atoms with van der Waals surface area (Å²) in [5.74, 6) is 1.97. The maximum absolute atomic E-state index is 5.07. The molecule has 0 saturated carbocycles. The summed E-state index contributed by atoms with van der Waals surface area (Å²) in [5.41, 5.74) is 3.57. The molecule has 2 aliphatic rings.